The van der Waals surface area contributed by atoms with Crippen molar-refractivity contribution in [1.82, 2.24) is 15.1 Å². The summed E-state index contributed by atoms with van der Waals surface area (Å²) in [7, 11) is 1.83. The van der Waals surface area contributed by atoms with Gasteiger partial charge in [-0.05, 0) is 76.1 Å². The van der Waals surface area contributed by atoms with Crippen molar-refractivity contribution in [3.05, 3.63) is 70.9 Å². The maximum absolute atomic E-state index is 12.9. The van der Waals surface area contributed by atoms with Crippen LogP contribution in [-0.2, 0) is 29.2 Å². The fourth-order valence-electron chi connectivity index (χ4n) is 4.13. The van der Waals surface area contributed by atoms with E-state index in [0.717, 1.165) is 41.9 Å². The molecular formula is C29H36F3N3O3. The van der Waals surface area contributed by atoms with Crippen LogP contribution in [0.3, 0.4) is 0 Å². The smallest absolute Gasteiger partial charge is 0.416 e. The summed E-state index contributed by atoms with van der Waals surface area (Å²) in [5.74, 6) is 0.178. The van der Waals surface area contributed by atoms with Gasteiger partial charge in [0.2, 0.25) is 0 Å². The van der Waals surface area contributed by atoms with Gasteiger partial charge < -0.3 is 14.8 Å². The molecule has 1 heterocycles. The number of benzene rings is 2. The molecule has 206 valence electrons. The molecule has 9 heteroatoms. The van der Waals surface area contributed by atoms with E-state index in [2.05, 4.69) is 17.3 Å². The first-order valence-corrected chi connectivity index (χ1v) is 12.8. The minimum Gasteiger partial charge on any atom is -0.476 e. The number of halogens is 3. The van der Waals surface area contributed by atoms with E-state index in [1.807, 2.05) is 38.2 Å². The van der Waals surface area contributed by atoms with E-state index in [-0.39, 0.29) is 12.6 Å². The van der Waals surface area contributed by atoms with Crippen molar-refractivity contribution < 1.29 is 27.4 Å². The molecule has 0 radical (unpaired) electrons. The van der Waals surface area contributed by atoms with Crippen LogP contribution in [-0.4, -0.2) is 34.5 Å². The SMILES string of the molecule is CCCNC(Cc1cc(-c2ccc(C(F)(F)F)cc2)nn1C)c1ccc(OC(C)(C)C(=O)OCC)c(C)c1. The minimum atomic E-state index is -4.38. The van der Waals surface area contributed by atoms with Crippen molar-refractivity contribution in [2.75, 3.05) is 13.2 Å². The number of aryl methyl sites for hydroxylation is 2. The minimum absolute atomic E-state index is 0.0309. The summed E-state index contributed by atoms with van der Waals surface area (Å²) in [5.41, 5.74) is 2.31. The Labute approximate surface area is 222 Å². The molecule has 0 fully saturated rings. The zero-order valence-corrected chi connectivity index (χ0v) is 22.8. The average molecular weight is 532 g/mol. The Morgan fingerprint density at radius 1 is 1.08 bits per heavy atom. The molecular weight excluding hydrogens is 495 g/mol. The third kappa shape index (κ3) is 7.16. The summed E-state index contributed by atoms with van der Waals surface area (Å²) in [5, 5.41) is 8.13. The lowest BCUT2D eigenvalue weighted by atomic mass is 9.98. The van der Waals surface area contributed by atoms with Gasteiger partial charge >= 0.3 is 12.1 Å². The van der Waals surface area contributed by atoms with Crippen LogP contribution in [0.15, 0.2) is 48.5 Å². The summed E-state index contributed by atoms with van der Waals surface area (Å²) in [6.45, 7) is 10.2. The van der Waals surface area contributed by atoms with Crippen molar-refractivity contribution in [3.63, 3.8) is 0 Å². The van der Waals surface area contributed by atoms with E-state index < -0.39 is 23.3 Å². The Morgan fingerprint density at radius 3 is 2.34 bits per heavy atom. The van der Waals surface area contributed by atoms with E-state index in [9.17, 15) is 18.0 Å². The first kappa shape index (κ1) is 29.2. The molecule has 0 amide bonds. The van der Waals surface area contributed by atoms with Crippen LogP contribution in [0, 0.1) is 6.92 Å². The molecule has 3 aromatic rings. The molecule has 38 heavy (non-hydrogen) atoms. The van der Waals surface area contributed by atoms with E-state index >= 15 is 0 Å². The van der Waals surface area contributed by atoms with Gasteiger partial charge in [-0.25, -0.2) is 4.79 Å². The highest BCUT2D eigenvalue weighted by Gasteiger charge is 2.32. The number of carbonyl (C=O) groups excluding carboxylic acids is 1. The Morgan fingerprint density at radius 2 is 1.76 bits per heavy atom. The van der Waals surface area contributed by atoms with Gasteiger partial charge in [-0.2, -0.15) is 18.3 Å². The van der Waals surface area contributed by atoms with Crippen molar-refractivity contribution in [3.8, 4) is 17.0 Å². The molecule has 0 bridgehead atoms. The molecule has 3 rings (SSSR count). The molecule has 2 aromatic carbocycles. The molecule has 6 nitrogen and oxygen atoms in total. The van der Waals surface area contributed by atoms with Crippen molar-refractivity contribution in [2.24, 2.45) is 7.05 Å². The van der Waals surface area contributed by atoms with E-state index in [1.54, 1.807) is 25.5 Å². The van der Waals surface area contributed by atoms with Gasteiger partial charge in [0.15, 0.2) is 5.60 Å². The standard InChI is InChI=1S/C29H36F3N3O3/c1-7-15-33-24(21-11-14-26(19(3)16-21)38-28(4,5)27(36)37-8-2)17-23-18-25(34-35(23)6)20-9-12-22(13-10-20)29(30,31)32/h9-14,16,18,24,33H,7-8,15,17H2,1-6H3. The van der Waals surface area contributed by atoms with Crippen molar-refractivity contribution in [1.29, 1.82) is 0 Å². The van der Waals surface area contributed by atoms with Crippen LogP contribution in [0.25, 0.3) is 11.3 Å². The number of carbonyl (C=O) groups is 1. The zero-order valence-electron chi connectivity index (χ0n) is 22.8. The first-order chi connectivity index (χ1) is 17.9. The lowest BCUT2D eigenvalue weighted by molar-refractivity contribution is -0.158. The second kappa shape index (κ2) is 12.0. The third-order valence-corrected chi connectivity index (χ3v) is 6.27. The second-order valence-electron chi connectivity index (χ2n) is 9.79. The highest BCUT2D eigenvalue weighted by molar-refractivity contribution is 5.79. The van der Waals surface area contributed by atoms with Gasteiger partial charge in [0.05, 0.1) is 17.9 Å². The molecule has 0 saturated heterocycles. The van der Waals surface area contributed by atoms with Crippen LogP contribution in [0.5, 0.6) is 5.75 Å². The van der Waals surface area contributed by atoms with Crippen molar-refractivity contribution >= 4 is 5.97 Å². The number of esters is 1. The molecule has 1 aromatic heterocycles. The van der Waals surface area contributed by atoms with Gasteiger partial charge in [-0.1, -0.05) is 31.2 Å². The number of nitrogens with one attached hydrogen (secondary N) is 1. The van der Waals surface area contributed by atoms with E-state index in [4.69, 9.17) is 9.47 Å². The quantitative estimate of drug-likeness (QED) is 0.289. The summed E-state index contributed by atoms with van der Waals surface area (Å²) >= 11 is 0. The number of aromatic nitrogens is 2. The van der Waals surface area contributed by atoms with Crippen LogP contribution in [0.1, 0.15) is 62.5 Å². The Bertz CT molecular complexity index is 1230. The predicted molar refractivity (Wildman–Crippen MR) is 141 cm³/mol. The molecule has 0 saturated carbocycles. The number of hydrogen-bond acceptors (Lipinski definition) is 5. The lowest BCUT2D eigenvalue weighted by Gasteiger charge is -2.26. The summed E-state index contributed by atoms with van der Waals surface area (Å²) in [6.07, 6.45) is -2.80. The molecule has 0 aliphatic carbocycles. The number of ether oxygens (including phenoxy) is 2. The van der Waals surface area contributed by atoms with Crippen LogP contribution < -0.4 is 10.1 Å². The Kier molecular flexibility index (Phi) is 9.25. The number of alkyl halides is 3. The summed E-state index contributed by atoms with van der Waals surface area (Å²) in [6, 6.07) is 12.8. The number of hydrogen-bond donors (Lipinski definition) is 1. The summed E-state index contributed by atoms with van der Waals surface area (Å²) in [4.78, 5) is 12.3. The van der Waals surface area contributed by atoms with Crippen LogP contribution in [0.4, 0.5) is 13.2 Å². The molecule has 1 N–H and O–H groups in total. The van der Waals surface area contributed by atoms with E-state index in [0.29, 0.717) is 23.4 Å². The van der Waals surface area contributed by atoms with Crippen LogP contribution >= 0.6 is 0 Å². The highest BCUT2D eigenvalue weighted by Crippen LogP contribution is 2.32. The van der Waals surface area contributed by atoms with Gasteiger partial charge in [0.1, 0.15) is 5.75 Å². The van der Waals surface area contributed by atoms with Gasteiger partial charge in [-0.3, -0.25) is 4.68 Å². The Hall–Kier alpha value is -3.33. The Balaban J connectivity index is 1.83. The fraction of sp³-hybridized carbons (Fsp3) is 0.448. The topological polar surface area (TPSA) is 65.4 Å². The normalized spacial score (nSPS) is 12.9. The zero-order chi connectivity index (χ0) is 28.1. The third-order valence-electron chi connectivity index (χ3n) is 6.27. The van der Waals surface area contributed by atoms with E-state index in [1.165, 1.54) is 12.1 Å². The molecule has 1 unspecified atom stereocenters. The lowest BCUT2D eigenvalue weighted by Crippen LogP contribution is -2.39. The molecule has 1 atom stereocenters. The van der Waals surface area contributed by atoms with Gasteiger partial charge in [0.25, 0.3) is 0 Å². The maximum atomic E-state index is 12.9. The van der Waals surface area contributed by atoms with Crippen molar-refractivity contribution in [2.45, 2.75) is 65.3 Å². The number of nitrogens with zero attached hydrogens (tertiary/aromatic N) is 2. The fourth-order valence-corrected chi connectivity index (χ4v) is 4.13. The van der Waals surface area contributed by atoms with Crippen LogP contribution in [0.2, 0.25) is 0 Å². The molecule has 0 aliphatic heterocycles. The predicted octanol–water partition coefficient (Wildman–Crippen LogP) is 6.42. The monoisotopic (exact) mass is 531 g/mol. The van der Waals surface area contributed by atoms with Gasteiger partial charge in [0, 0.05) is 30.8 Å². The number of rotatable bonds is 11. The van der Waals surface area contributed by atoms with Gasteiger partial charge in [-0.15, -0.1) is 0 Å². The maximum Gasteiger partial charge on any atom is 0.416 e. The highest BCUT2D eigenvalue weighted by atomic mass is 19.4. The second-order valence-corrected chi connectivity index (χ2v) is 9.79. The first-order valence-electron chi connectivity index (χ1n) is 12.8. The largest absolute Gasteiger partial charge is 0.476 e. The molecule has 0 aliphatic rings. The summed E-state index contributed by atoms with van der Waals surface area (Å²) < 4.78 is 51.7. The molecule has 0 spiro atoms. The average Bonchev–Trinajstić information content (AvgIpc) is 3.22.